The van der Waals surface area contributed by atoms with Gasteiger partial charge in [0, 0.05) is 18.3 Å². The summed E-state index contributed by atoms with van der Waals surface area (Å²) in [5.41, 5.74) is 1.61. The lowest BCUT2D eigenvalue weighted by Gasteiger charge is -2.20. The fraction of sp³-hybridized carbons (Fsp3) is 0.667. The summed E-state index contributed by atoms with van der Waals surface area (Å²) >= 11 is 2.90. The van der Waals surface area contributed by atoms with Crippen LogP contribution >= 0.6 is 23.1 Å². The maximum atomic E-state index is 12.8. The van der Waals surface area contributed by atoms with Crippen molar-refractivity contribution in [1.82, 2.24) is 14.8 Å². The monoisotopic (exact) mass is 490 g/mol. The summed E-state index contributed by atoms with van der Waals surface area (Å²) in [5.74, 6) is 2.01. The summed E-state index contributed by atoms with van der Waals surface area (Å²) in [4.78, 5) is 26.6. The first kappa shape index (κ1) is 24.3. The zero-order chi connectivity index (χ0) is 23.4. The largest absolute Gasteiger partial charge is 0.462 e. The molecule has 1 amide bonds. The van der Waals surface area contributed by atoms with Crippen molar-refractivity contribution in [3.63, 3.8) is 0 Å². The van der Waals surface area contributed by atoms with E-state index in [2.05, 4.69) is 22.4 Å². The molecule has 2 aromatic rings. The van der Waals surface area contributed by atoms with Gasteiger partial charge in [-0.3, -0.25) is 4.79 Å². The predicted octanol–water partition coefficient (Wildman–Crippen LogP) is 5.03. The van der Waals surface area contributed by atoms with E-state index in [9.17, 15) is 9.59 Å². The Hall–Kier alpha value is -1.87. The number of hydrogen-bond acceptors (Lipinski definition) is 7. The Labute approximate surface area is 204 Å². The molecule has 0 aliphatic heterocycles. The Kier molecular flexibility index (Phi) is 8.11. The van der Waals surface area contributed by atoms with E-state index in [0.717, 1.165) is 42.2 Å². The minimum Gasteiger partial charge on any atom is -0.462 e. The van der Waals surface area contributed by atoms with E-state index in [1.54, 1.807) is 6.92 Å². The van der Waals surface area contributed by atoms with Crippen LogP contribution in [0.3, 0.4) is 0 Å². The molecule has 0 aromatic carbocycles. The molecule has 1 unspecified atom stereocenters. The molecule has 1 saturated carbocycles. The van der Waals surface area contributed by atoms with E-state index in [4.69, 9.17) is 4.74 Å². The van der Waals surface area contributed by atoms with Crippen LogP contribution in [0.1, 0.15) is 79.0 Å². The number of rotatable bonds is 8. The third kappa shape index (κ3) is 5.80. The number of thioether (sulfide) groups is 1. The highest BCUT2D eigenvalue weighted by Crippen LogP contribution is 2.40. The van der Waals surface area contributed by atoms with Crippen LogP contribution < -0.4 is 5.32 Å². The van der Waals surface area contributed by atoms with E-state index in [1.165, 1.54) is 60.1 Å². The van der Waals surface area contributed by atoms with Gasteiger partial charge in [-0.25, -0.2) is 4.79 Å². The molecule has 0 spiro atoms. The summed E-state index contributed by atoms with van der Waals surface area (Å²) in [6.45, 7) is 4.35. The molecule has 1 N–H and O–H groups in total. The first-order valence-corrected chi connectivity index (χ1v) is 13.9. The number of nitrogens with one attached hydrogen (secondary N) is 1. The molecular weight excluding hydrogens is 456 g/mol. The van der Waals surface area contributed by atoms with E-state index >= 15 is 0 Å². The van der Waals surface area contributed by atoms with Crippen LogP contribution in [-0.2, 0) is 35.8 Å². The Morgan fingerprint density at radius 1 is 1.21 bits per heavy atom. The molecule has 2 aliphatic carbocycles. The van der Waals surface area contributed by atoms with E-state index < -0.39 is 0 Å². The predicted molar refractivity (Wildman–Crippen MR) is 132 cm³/mol. The van der Waals surface area contributed by atoms with Crippen LogP contribution in [-0.4, -0.2) is 39.0 Å². The Morgan fingerprint density at radius 3 is 2.76 bits per heavy atom. The van der Waals surface area contributed by atoms with Gasteiger partial charge in [0.25, 0.3) is 0 Å². The number of anilines is 1. The van der Waals surface area contributed by atoms with Crippen LogP contribution in [0, 0.1) is 11.8 Å². The molecule has 0 bridgehead atoms. The average Bonchev–Trinajstić information content (AvgIpc) is 3.32. The second-order valence-electron chi connectivity index (χ2n) is 9.28. The molecule has 0 radical (unpaired) electrons. The number of fused-ring (bicyclic) bond motifs is 1. The summed E-state index contributed by atoms with van der Waals surface area (Å²) < 4.78 is 7.32. The molecule has 0 saturated heterocycles. The lowest BCUT2D eigenvalue weighted by Crippen LogP contribution is -2.18. The highest BCUT2D eigenvalue weighted by Gasteiger charge is 2.29. The molecule has 2 heterocycles. The zero-order valence-electron chi connectivity index (χ0n) is 19.8. The highest BCUT2D eigenvalue weighted by molar-refractivity contribution is 7.99. The van der Waals surface area contributed by atoms with Gasteiger partial charge in [-0.1, -0.05) is 50.8 Å². The quantitative estimate of drug-likeness (QED) is 0.412. The van der Waals surface area contributed by atoms with E-state index in [-0.39, 0.29) is 17.6 Å². The minimum atomic E-state index is -0.340. The first-order chi connectivity index (χ1) is 16.0. The Bertz CT molecular complexity index is 994. The van der Waals surface area contributed by atoms with Crippen LogP contribution in [0.5, 0.6) is 0 Å². The van der Waals surface area contributed by atoms with Crippen molar-refractivity contribution in [3.8, 4) is 0 Å². The van der Waals surface area contributed by atoms with Gasteiger partial charge in [-0.2, -0.15) is 0 Å². The van der Waals surface area contributed by atoms with E-state index in [1.807, 2.05) is 11.6 Å². The number of hydrogen-bond donors (Lipinski definition) is 1. The normalized spacial score (nSPS) is 18.7. The smallest absolute Gasteiger partial charge is 0.341 e. The van der Waals surface area contributed by atoms with Crippen molar-refractivity contribution in [3.05, 3.63) is 21.8 Å². The molecule has 2 aliphatic rings. The Balaban J connectivity index is 1.40. The lowest BCUT2D eigenvalue weighted by molar-refractivity contribution is -0.113. The second-order valence-corrected chi connectivity index (χ2v) is 11.3. The maximum Gasteiger partial charge on any atom is 0.341 e. The Morgan fingerprint density at radius 2 is 2.00 bits per heavy atom. The van der Waals surface area contributed by atoms with Gasteiger partial charge in [0.1, 0.15) is 10.8 Å². The SMILES string of the molecule is CCOC(=O)c1c(NC(=O)CSc2nnc(CC3CCCCC3)n2C)sc2c1CCC(C)C2. The standard InChI is InChI=1S/C24H34N4O3S2/c1-4-31-23(30)21-17-11-10-15(2)12-18(17)33-22(21)25-20(29)14-32-24-27-26-19(28(24)3)13-16-8-6-5-7-9-16/h15-16H,4-14H2,1-3H3,(H,25,29). The third-order valence-electron chi connectivity index (χ3n) is 6.70. The number of amides is 1. The molecule has 2 aromatic heterocycles. The second kappa shape index (κ2) is 11.0. The van der Waals surface area contributed by atoms with Gasteiger partial charge in [0.15, 0.2) is 5.16 Å². The zero-order valence-corrected chi connectivity index (χ0v) is 21.4. The van der Waals surface area contributed by atoms with Crippen molar-refractivity contribution in [2.75, 3.05) is 17.7 Å². The van der Waals surface area contributed by atoms with Crippen molar-refractivity contribution in [2.45, 2.75) is 76.8 Å². The van der Waals surface area contributed by atoms with Gasteiger partial charge in [0.2, 0.25) is 5.91 Å². The first-order valence-electron chi connectivity index (χ1n) is 12.1. The average molecular weight is 491 g/mol. The molecule has 1 fully saturated rings. The van der Waals surface area contributed by atoms with Crippen molar-refractivity contribution in [1.29, 1.82) is 0 Å². The summed E-state index contributed by atoms with van der Waals surface area (Å²) in [5, 5.41) is 13.1. The van der Waals surface area contributed by atoms with Gasteiger partial charge in [-0.15, -0.1) is 21.5 Å². The molecule has 9 heteroatoms. The number of carbonyl (C=O) groups excluding carboxylic acids is 2. The lowest BCUT2D eigenvalue weighted by atomic mass is 9.87. The van der Waals surface area contributed by atoms with Gasteiger partial charge >= 0.3 is 5.97 Å². The van der Waals surface area contributed by atoms with Crippen LogP contribution in [0.4, 0.5) is 5.00 Å². The number of nitrogens with zero attached hydrogens (tertiary/aromatic N) is 3. The number of aromatic nitrogens is 3. The third-order valence-corrected chi connectivity index (χ3v) is 8.89. The molecular formula is C24H34N4O3S2. The van der Waals surface area contributed by atoms with Crippen LogP contribution in [0.15, 0.2) is 5.16 Å². The van der Waals surface area contributed by atoms with Gasteiger partial charge < -0.3 is 14.6 Å². The molecule has 1 atom stereocenters. The fourth-order valence-electron chi connectivity index (χ4n) is 4.85. The molecule has 4 rings (SSSR count). The number of ether oxygens (including phenoxy) is 1. The molecule has 33 heavy (non-hydrogen) atoms. The summed E-state index contributed by atoms with van der Waals surface area (Å²) in [7, 11) is 1.98. The van der Waals surface area contributed by atoms with Gasteiger partial charge in [0.05, 0.1) is 17.9 Å². The number of carbonyl (C=O) groups is 2. The molecule has 180 valence electrons. The van der Waals surface area contributed by atoms with Gasteiger partial charge in [-0.05, 0) is 43.6 Å². The number of esters is 1. The molecule has 7 nitrogen and oxygen atoms in total. The minimum absolute atomic E-state index is 0.144. The summed E-state index contributed by atoms with van der Waals surface area (Å²) in [6, 6.07) is 0. The maximum absolute atomic E-state index is 12.8. The van der Waals surface area contributed by atoms with Crippen LogP contribution in [0.2, 0.25) is 0 Å². The topological polar surface area (TPSA) is 86.1 Å². The van der Waals surface area contributed by atoms with Crippen molar-refractivity contribution in [2.24, 2.45) is 18.9 Å². The van der Waals surface area contributed by atoms with E-state index in [0.29, 0.717) is 29.0 Å². The van der Waals surface area contributed by atoms with Crippen molar-refractivity contribution < 1.29 is 14.3 Å². The van der Waals surface area contributed by atoms with Crippen LogP contribution in [0.25, 0.3) is 0 Å². The fourth-order valence-corrected chi connectivity index (χ4v) is 6.99. The van der Waals surface area contributed by atoms with Crippen molar-refractivity contribution >= 4 is 40.0 Å². The number of thiophene rings is 1. The summed E-state index contributed by atoms with van der Waals surface area (Å²) in [6.07, 6.45) is 10.3. The highest BCUT2D eigenvalue weighted by atomic mass is 32.2.